The molecule has 2 N–H and O–H groups in total. The summed E-state index contributed by atoms with van der Waals surface area (Å²) in [5.74, 6) is 0.256. The molecule has 0 radical (unpaired) electrons. The van der Waals surface area contributed by atoms with Crippen molar-refractivity contribution < 1.29 is 4.79 Å². The van der Waals surface area contributed by atoms with Gasteiger partial charge in [-0.15, -0.1) is 10.2 Å². The Kier molecular flexibility index (Phi) is 4.73. The van der Waals surface area contributed by atoms with E-state index in [2.05, 4.69) is 33.1 Å². The van der Waals surface area contributed by atoms with Gasteiger partial charge in [0, 0.05) is 17.5 Å². The highest BCUT2D eigenvalue weighted by Crippen LogP contribution is 2.19. The highest BCUT2D eigenvalue weighted by atomic mass is 35.5. The molecule has 0 fully saturated rings. The first-order chi connectivity index (χ1) is 7.84. The van der Waals surface area contributed by atoms with Gasteiger partial charge in [0.25, 0.3) is 0 Å². The van der Waals surface area contributed by atoms with Crippen LogP contribution in [0.5, 0.6) is 0 Å². The smallest absolute Gasteiger partial charge is 0.230 e. The summed E-state index contributed by atoms with van der Waals surface area (Å²) in [5, 5.41) is 10.5. The largest absolute Gasteiger partial charge is 0.309 e. The lowest BCUT2D eigenvalue weighted by molar-refractivity contribution is -0.123. The Bertz CT molecular complexity index is 419. The lowest BCUT2D eigenvalue weighted by Gasteiger charge is -2.17. The molecule has 0 saturated heterocycles. The van der Waals surface area contributed by atoms with E-state index in [1.807, 2.05) is 20.8 Å². The molecule has 17 heavy (non-hydrogen) atoms. The fraction of sp³-hybridized carbons (Fsp3) is 0.500. The van der Waals surface area contributed by atoms with Gasteiger partial charge in [0.15, 0.2) is 11.0 Å². The summed E-state index contributed by atoms with van der Waals surface area (Å²) in [6.07, 6.45) is 0. The predicted molar refractivity (Wildman–Crippen MR) is 71.0 cm³/mol. The maximum Gasteiger partial charge on any atom is 0.230 e. The molecule has 0 spiro atoms. The normalized spacial score (nSPS) is 11.4. The van der Waals surface area contributed by atoms with Crippen molar-refractivity contribution in [3.63, 3.8) is 0 Å². The summed E-state index contributed by atoms with van der Waals surface area (Å²) in [7, 11) is 0. The summed E-state index contributed by atoms with van der Waals surface area (Å²) in [4.78, 5) is 11.7. The number of nitrogens with one attached hydrogen (secondary N) is 2. The monoisotopic (exact) mass is 274 g/mol. The lowest BCUT2D eigenvalue weighted by Crippen LogP contribution is -2.28. The summed E-state index contributed by atoms with van der Waals surface area (Å²) in [5.41, 5.74) is 0.240. The zero-order chi connectivity index (χ0) is 13.1. The number of thiol groups is 1. The molecule has 1 aromatic heterocycles. The minimum atomic E-state index is -0.483. The first kappa shape index (κ1) is 14.2. The van der Waals surface area contributed by atoms with E-state index >= 15 is 0 Å². The van der Waals surface area contributed by atoms with E-state index < -0.39 is 5.41 Å². The van der Waals surface area contributed by atoms with Crippen molar-refractivity contribution in [3.05, 3.63) is 16.8 Å². The van der Waals surface area contributed by atoms with Crippen LogP contribution in [0, 0.1) is 5.41 Å². The van der Waals surface area contributed by atoms with Crippen LogP contribution in [0.3, 0.4) is 0 Å². The number of nitrogens with zero attached hydrogens (tertiary/aromatic N) is 2. The van der Waals surface area contributed by atoms with Gasteiger partial charge in [0.05, 0.1) is 0 Å². The van der Waals surface area contributed by atoms with Crippen molar-refractivity contribution in [3.8, 4) is 0 Å². The minimum absolute atomic E-state index is 0.126. The van der Waals surface area contributed by atoms with Crippen LogP contribution in [0.4, 0.5) is 5.82 Å². The molecule has 7 heteroatoms. The molecule has 5 nitrogen and oxygen atoms in total. The van der Waals surface area contributed by atoms with Crippen molar-refractivity contribution in [2.45, 2.75) is 27.3 Å². The van der Waals surface area contributed by atoms with E-state index in [1.165, 1.54) is 0 Å². The van der Waals surface area contributed by atoms with E-state index in [0.717, 1.165) is 5.56 Å². The zero-order valence-corrected chi connectivity index (χ0v) is 11.6. The zero-order valence-electron chi connectivity index (χ0n) is 9.91. The Morgan fingerprint density at radius 3 is 2.65 bits per heavy atom. The fourth-order valence-corrected chi connectivity index (χ4v) is 1.32. The Morgan fingerprint density at radius 2 is 2.12 bits per heavy atom. The van der Waals surface area contributed by atoms with Gasteiger partial charge in [-0.1, -0.05) is 45.2 Å². The van der Waals surface area contributed by atoms with E-state index in [-0.39, 0.29) is 5.91 Å². The quantitative estimate of drug-likeness (QED) is 0.738. The van der Waals surface area contributed by atoms with Gasteiger partial charge >= 0.3 is 0 Å². The van der Waals surface area contributed by atoms with E-state index in [4.69, 9.17) is 11.6 Å². The predicted octanol–water partition coefficient (Wildman–Crippen LogP) is 2.05. The topological polar surface area (TPSA) is 66.9 Å². The van der Waals surface area contributed by atoms with Crippen LogP contribution < -0.4 is 10.0 Å². The summed E-state index contributed by atoms with van der Waals surface area (Å²) in [6, 6.07) is 1.67. The second-order valence-electron chi connectivity index (χ2n) is 4.58. The number of carbonyl (C=O) groups is 1. The Morgan fingerprint density at radius 1 is 1.47 bits per heavy atom. The van der Waals surface area contributed by atoms with Gasteiger partial charge in [-0.2, -0.15) is 0 Å². The van der Waals surface area contributed by atoms with Crippen molar-refractivity contribution in [2.75, 3.05) is 5.32 Å². The molecule has 0 aliphatic carbocycles. The molecule has 0 aliphatic heterocycles. The first-order valence-electron chi connectivity index (χ1n) is 5.05. The fourth-order valence-electron chi connectivity index (χ4n) is 0.989. The third kappa shape index (κ3) is 4.14. The maximum absolute atomic E-state index is 11.7. The van der Waals surface area contributed by atoms with Gasteiger partial charge < -0.3 is 5.32 Å². The van der Waals surface area contributed by atoms with Crippen LogP contribution in [0.2, 0.25) is 5.15 Å². The van der Waals surface area contributed by atoms with Crippen LogP contribution in [0.1, 0.15) is 26.3 Å². The standard InChI is InChI=1S/C10H15ClN4OS/c1-10(2,3)9(16)13-7-4-6(5-12-17)8(11)15-14-7/h4,12,17H,5H2,1-3H3,(H,13,14,16). The van der Waals surface area contributed by atoms with Gasteiger partial charge in [-0.25, -0.2) is 0 Å². The van der Waals surface area contributed by atoms with Crippen LogP contribution >= 0.6 is 24.4 Å². The SMILES string of the molecule is CC(C)(C)C(=O)Nc1cc(CNS)c(Cl)nn1. The Balaban J connectivity index is 2.86. The molecule has 1 heterocycles. The third-order valence-electron chi connectivity index (χ3n) is 2.01. The number of hydrogen-bond acceptors (Lipinski definition) is 5. The molecule has 0 unspecified atom stereocenters. The van der Waals surface area contributed by atoms with Crippen LogP contribution in [-0.2, 0) is 11.3 Å². The summed E-state index contributed by atoms with van der Waals surface area (Å²) < 4.78 is 2.67. The average molecular weight is 275 g/mol. The molecule has 0 saturated carbocycles. The van der Waals surface area contributed by atoms with Crippen molar-refractivity contribution in [2.24, 2.45) is 5.41 Å². The number of aromatic nitrogens is 2. The Hall–Kier alpha value is -0.850. The number of anilines is 1. The van der Waals surface area contributed by atoms with Crippen molar-refractivity contribution >= 4 is 36.1 Å². The molecule has 0 aliphatic rings. The van der Waals surface area contributed by atoms with Gasteiger partial charge in [-0.3, -0.25) is 9.52 Å². The third-order valence-corrected chi connectivity index (χ3v) is 2.49. The highest BCUT2D eigenvalue weighted by Gasteiger charge is 2.21. The average Bonchev–Trinajstić information content (AvgIpc) is 2.22. The molecule has 0 bridgehead atoms. The van der Waals surface area contributed by atoms with Gasteiger partial charge in [0.2, 0.25) is 5.91 Å². The summed E-state index contributed by atoms with van der Waals surface area (Å²) in [6.45, 7) is 5.90. The Labute approximate surface area is 111 Å². The second-order valence-corrected chi connectivity index (χ2v) is 5.26. The first-order valence-corrected chi connectivity index (χ1v) is 5.87. The number of halogens is 1. The number of amides is 1. The van der Waals surface area contributed by atoms with E-state index in [9.17, 15) is 4.79 Å². The van der Waals surface area contributed by atoms with Crippen LogP contribution in [0.15, 0.2) is 6.07 Å². The molecular formula is C10H15ClN4OS. The van der Waals surface area contributed by atoms with Gasteiger partial charge in [-0.05, 0) is 6.07 Å². The molecule has 0 atom stereocenters. The van der Waals surface area contributed by atoms with Crippen LogP contribution in [-0.4, -0.2) is 16.1 Å². The van der Waals surface area contributed by atoms with Crippen LogP contribution in [0.25, 0.3) is 0 Å². The summed E-state index contributed by atoms with van der Waals surface area (Å²) >= 11 is 9.73. The van der Waals surface area contributed by atoms with Crippen molar-refractivity contribution in [1.82, 2.24) is 14.9 Å². The van der Waals surface area contributed by atoms with E-state index in [1.54, 1.807) is 6.07 Å². The molecule has 0 aromatic carbocycles. The van der Waals surface area contributed by atoms with Gasteiger partial charge in [0.1, 0.15) is 0 Å². The number of rotatable bonds is 3. The second kappa shape index (κ2) is 5.66. The molecule has 1 aromatic rings. The minimum Gasteiger partial charge on any atom is -0.309 e. The maximum atomic E-state index is 11.7. The molecule has 1 amide bonds. The lowest BCUT2D eigenvalue weighted by atomic mass is 9.96. The highest BCUT2D eigenvalue weighted by molar-refractivity contribution is 7.78. The number of carbonyl (C=O) groups excluding carboxylic acids is 1. The molecular weight excluding hydrogens is 260 g/mol. The molecule has 94 valence electrons. The molecule has 1 rings (SSSR count). The van der Waals surface area contributed by atoms with Crippen molar-refractivity contribution in [1.29, 1.82) is 0 Å². The number of hydrogen-bond donors (Lipinski definition) is 3. The van der Waals surface area contributed by atoms with E-state index in [0.29, 0.717) is 17.5 Å².